The molecule has 0 bridgehead atoms. The highest BCUT2D eigenvalue weighted by molar-refractivity contribution is 5.35. The number of para-hydroxylation sites is 1. The van der Waals surface area contributed by atoms with Gasteiger partial charge < -0.3 is 4.74 Å². The van der Waals surface area contributed by atoms with E-state index in [0.717, 1.165) is 5.75 Å². The molecule has 0 saturated heterocycles. The fourth-order valence-corrected chi connectivity index (χ4v) is 2.29. The highest BCUT2D eigenvalue weighted by Gasteiger charge is 2.32. The molecule has 3 nitrogen and oxygen atoms in total. The maximum atomic E-state index is 9.33. The third kappa shape index (κ3) is 3.98. The normalized spacial score (nSPS) is 17.6. The molecule has 1 aliphatic carbocycles. The van der Waals surface area contributed by atoms with Crippen molar-refractivity contribution in [3.8, 4) is 11.8 Å². The first-order chi connectivity index (χ1) is 9.54. The molecule has 108 valence electrons. The van der Waals surface area contributed by atoms with Crippen LogP contribution in [0.25, 0.3) is 0 Å². The fourth-order valence-electron chi connectivity index (χ4n) is 2.29. The van der Waals surface area contributed by atoms with Crippen LogP contribution in [-0.4, -0.2) is 18.2 Å². The van der Waals surface area contributed by atoms with E-state index in [2.05, 4.69) is 31.3 Å². The topological polar surface area (TPSA) is 45.0 Å². The number of benzene rings is 1. The van der Waals surface area contributed by atoms with E-state index in [1.54, 1.807) is 0 Å². The maximum absolute atomic E-state index is 9.33. The van der Waals surface area contributed by atoms with Gasteiger partial charge in [-0.05, 0) is 37.3 Å². The molecule has 0 radical (unpaired) electrons. The first kappa shape index (κ1) is 14.9. The summed E-state index contributed by atoms with van der Waals surface area (Å²) in [7, 11) is 0. The maximum Gasteiger partial charge on any atom is 0.122 e. The van der Waals surface area contributed by atoms with Gasteiger partial charge in [-0.3, -0.25) is 5.32 Å². The van der Waals surface area contributed by atoms with Crippen LogP contribution in [0.4, 0.5) is 0 Å². The molecule has 0 aliphatic heterocycles. The predicted molar refractivity (Wildman–Crippen MR) is 80.8 cm³/mol. The second-order valence-electron chi connectivity index (χ2n) is 6.15. The van der Waals surface area contributed by atoms with Gasteiger partial charge >= 0.3 is 0 Å². The number of hydrogen-bond donors (Lipinski definition) is 1. The number of nitriles is 1. The summed E-state index contributed by atoms with van der Waals surface area (Å²) < 4.78 is 5.91. The summed E-state index contributed by atoms with van der Waals surface area (Å²) in [6, 6.07) is 11.1. The minimum absolute atomic E-state index is 0.443. The van der Waals surface area contributed by atoms with E-state index >= 15 is 0 Å². The third-order valence-electron chi connectivity index (χ3n) is 3.75. The van der Waals surface area contributed by atoms with Crippen LogP contribution in [0.1, 0.15) is 51.5 Å². The Bertz CT molecular complexity index is 488. The number of nitrogens with one attached hydrogen (secondary N) is 1. The minimum Gasteiger partial charge on any atom is -0.493 e. The number of hydrogen-bond acceptors (Lipinski definition) is 3. The molecule has 1 N–H and O–H groups in total. The standard InChI is InChI=1S/C17H24N2O/c1-13(2)15-6-4-5-7-16(15)20-11-10-17(3,12-18)19-14-8-9-14/h4-7,13-14,19H,8-11H2,1-3H3. The molecule has 0 heterocycles. The van der Waals surface area contributed by atoms with E-state index < -0.39 is 5.54 Å². The predicted octanol–water partition coefficient (Wildman–Crippen LogP) is 3.61. The molecule has 1 fully saturated rings. The van der Waals surface area contributed by atoms with Gasteiger partial charge in [0.05, 0.1) is 12.7 Å². The zero-order valence-corrected chi connectivity index (χ0v) is 12.6. The second kappa shape index (κ2) is 6.28. The quantitative estimate of drug-likeness (QED) is 0.824. The molecular weight excluding hydrogens is 248 g/mol. The molecule has 20 heavy (non-hydrogen) atoms. The number of rotatable bonds is 7. The lowest BCUT2D eigenvalue weighted by molar-refractivity contribution is 0.263. The molecule has 1 atom stereocenters. The minimum atomic E-state index is -0.478. The van der Waals surface area contributed by atoms with Gasteiger partial charge in [-0.1, -0.05) is 32.0 Å². The molecule has 1 aromatic rings. The SMILES string of the molecule is CC(C)c1ccccc1OCCC(C)(C#N)NC1CC1. The first-order valence-corrected chi connectivity index (χ1v) is 7.45. The van der Waals surface area contributed by atoms with E-state index in [4.69, 9.17) is 4.74 Å². The molecule has 0 spiro atoms. The van der Waals surface area contributed by atoms with E-state index in [9.17, 15) is 5.26 Å². The summed E-state index contributed by atoms with van der Waals surface area (Å²) >= 11 is 0. The van der Waals surface area contributed by atoms with Crippen molar-refractivity contribution in [1.29, 1.82) is 5.26 Å². The number of nitrogens with zero attached hydrogens (tertiary/aromatic N) is 1. The van der Waals surface area contributed by atoms with Crippen molar-refractivity contribution in [2.45, 2.75) is 57.5 Å². The summed E-state index contributed by atoms with van der Waals surface area (Å²) in [5.41, 5.74) is 0.745. The van der Waals surface area contributed by atoms with Crippen LogP contribution in [-0.2, 0) is 0 Å². The zero-order valence-electron chi connectivity index (χ0n) is 12.6. The van der Waals surface area contributed by atoms with Crippen LogP contribution in [0.15, 0.2) is 24.3 Å². The van der Waals surface area contributed by atoms with Crippen LogP contribution in [0.5, 0.6) is 5.75 Å². The zero-order chi connectivity index (χ0) is 14.6. The van der Waals surface area contributed by atoms with Crippen LogP contribution in [0, 0.1) is 11.3 Å². The lowest BCUT2D eigenvalue weighted by Gasteiger charge is -2.23. The molecule has 0 aromatic heterocycles. The summed E-state index contributed by atoms with van der Waals surface area (Å²) in [6.07, 6.45) is 3.08. The van der Waals surface area contributed by atoms with Gasteiger partial charge in [0.2, 0.25) is 0 Å². The molecule has 0 amide bonds. The second-order valence-corrected chi connectivity index (χ2v) is 6.15. The van der Waals surface area contributed by atoms with Gasteiger partial charge in [-0.2, -0.15) is 5.26 Å². The summed E-state index contributed by atoms with van der Waals surface area (Å²) in [5.74, 6) is 1.38. The molecule has 1 saturated carbocycles. The van der Waals surface area contributed by atoms with Crippen molar-refractivity contribution < 1.29 is 4.74 Å². The Morgan fingerprint density at radius 3 is 2.70 bits per heavy atom. The monoisotopic (exact) mass is 272 g/mol. The highest BCUT2D eigenvalue weighted by atomic mass is 16.5. The Labute approximate surface area is 121 Å². The largest absolute Gasteiger partial charge is 0.493 e. The van der Waals surface area contributed by atoms with Gasteiger partial charge in [-0.15, -0.1) is 0 Å². The average molecular weight is 272 g/mol. The van der Waals surface area contributed by atoms with Crippen molar-refractivity contribution in [2.75, 3.05) is 6.61 Å². The van der Waals surface area contributed by atoms with Crippen LogP contribution < -0.4 is 10.1 Å². The van der Waals surface area contributed by atoms with Crippen molar-refractivity contribution in [3.05, 3.63) is 29.8 Å². The average Bonchev–Trinajstić information content (AvgIpc) is 3.23. The van der Waals surface area contributed by atoms with E-state index in [1.807, 2.05) is 25.1 Å². The lowest BCUT2D eigenvalue weighted by atomic mass is 10.00. The Balaban J connectivity index is 1.90. The van der Waals surface area contributed by atoms with Crippen molar-refractivity contribution in [3.63, 3.8) is 0 Å². The van der Waals surface area contributed by atoms with Gasteiger partial charge in [0.25, 0.3) is 0 Å². The van der Waals surface area contributed by atoms with E-state index in [-0.39, 0.29) is 0 Å². The van der Waals surface area contributed by atoms with Crippen molar-refractivity contribution >= 4 is 0 Å². The highest BCUT2D eigenvalue weighted by Crippen LogP contribution is 2.27. The Morgan fingerprint density at radius 2 is 2.10 bits per heavy atom. The summed E-state index contributed by atoms with van der Waals surface area (Å²) in [4.78, 5) is 0. The molecular formula is C17H24N2O. The fraction of sp³-hybridized carbons (Fsp3) is 0.588. The Hall–Kier alpha value is -1.53. The molecule has 1 unspecified atom stereocenters. The van der Waals surface area contributed by atoms with Gasteiger partial charge in [0, 0.05) is 12.5 Å². The molecule has 1 aliphatic rings. The lowest BCUT2D eigenvalue weighted by Crippen LogP contribution is -2.43. The summed E-state index contributed by atoms with van der Waals surface area (Å²) in [5, 5.41) is 12.7. The van der Waals surface area contributed by atoms with Crippen LogP contribution in [0.3, 0.4) is 0 Å². The smallest absolute Gasteiger partial charge is 0.122 e. The Morgan fingerprint density at radius 1 is 1.40 bits per heavy atom. The van der Waals surface area contributed by atoms with Gasteiger partial charge in [0.1, 0.15) is 11.3 Å². The molecule has 1 aromatic carbocycles. The van der Waals surface area contributed by atoms with E-state index in [0.29, 0.717) is 25.0 Å². The molecule has 3 heteroatoms. The van der Waals surface area contributed by atoms with Crippen molar-refractivity contribution in [2.24, 2.45) is 0 Å². The Kier molecular flexibility index (Phi) is 4.67. The van der Waals surface area contributed by atoms with Gasteiger partial charge in [-0.25, -0.2) is 0 Å². The summed E-state index contributed by atoms with van der Waals surface area (Å²) in [6.45, 7) is 6.85. The molecule has 2 rings (SSSR count). The number of ether oxygens (including phenoxy) is 1. The van der Waals surface area contributed by atoms with Gasteiger partial charge in [0.15, 0.2) is 0 Å². The van der Waals surface area contributed by atoms with Crippen LogP contribution in [0.2, 0.25) is 0 Å². The third-order valence-corrected chi connectivity index (χ3v) is 3.75. The van der Waals surface area contributed by atoms with E-state index in [1.165, 1.54) is 18.4 Å². The first-order valence-electron chi connectivity index (χ1n) is 7.45. The van der Waals surface area contributed by atoms with Crippen molar-refractivity contribution in [1.82, 2.24) is 5.32 Å². The van der Waals surface area contributed by atoms with Crippen LogP contribution >= 0.6 is 0 Å².